The first kappa shape index (κ1) is 14.9. The normalized spacial score (nSPS) is 15.2. The van der Waals surface area contributed by atoms with Crippen LogP contribution < -0.4 is 0 Å². The summed E-state index contributed by atoms with van der Waals surface area (Å²) in [5, 5.41) is 0. The van der Waals surface area contributed by atoms with Gasteiger partial charge in [-0.3, -0.25) is 4.90 Å². The second-order valence-corrected chi connectivity index (χ2v) is 6.09. The Bertz CT molecular complexity index is 821. The summed E-state index contributed by atoms with van der Waals surface area (Å²) in [5.41, 5.74) is 4.79. The van der Waals surface area contributed by atoms with Crippen molar-refractivity contribution in [1.29, 1.82) is 0 Å². The molecular weight excluding hydrogens is 296 g/mol. The topological polar surface area (TPSA) is 29.3 Å². The highest BCUT2D eigenvalue weighted by Gasteiger charge is 2.15. The summed E-state index contributed by atoms with van der Waals surface area (Å²) in [4.78, 5) is 7.02. The van der Waals surface area contributed by atoms with E-state index in [-0.39, 0.29) is 0 Å². The lowest BCUT2D eigenvalue weighted by Gasteiger charge is -2.25. The quantitative estimate of drug-likeness (QED) is 0.702. The van der Waals surface area contributed by atoms with Gasteiger partial charge in [0, 0.05) is 25.2 Å². The van der Waals surface area contributed by atoms with Crippen LogP contribution in [0.4, 0.5) is 0 Å². The molecule has 0 spiro atoms. The van der Waals surface area contributed by atoms with Gasteiger partial charge in [0.15, 0.2) is 0 Å². The third-order valence-electron chi connectivity index (χ3n) is 4.40. The number of aromatic nitrogens is 1. The largest absolute Gasteiger partial charge is 0.444 e. The van der Waals surface area contributed by atoms with E-state index in [9.17, 15) is 0 Å². The molecule has 1 aromatic heterocycles. The molecule has 0 atom stereocenters. The molecule has 3 nitrogen and oxygen atoms in total. The van der Waals surface area contributed by atoms with E-state index in [0.29, 0.717) is 5.89 Å². The average Bonchev–Trinajstić information content (AvgIpc) is 3.12. The number of oxazole rings is 1. The summed E-state index contributed by atoms with van der Waals surface area (Å²) in [6.07, 6.45) is 5.18. The van der Waals surface area contributed by atoms with Crippen LogP contribution in [-0.2, 0) is 6.54 Å². The summed E-state index contributed by atoms with van der Waals surface area (Å²) < 4.78 is 5.63. The molecule has 2 heterocycles. The van der Waals surface area contributed by atoms with Gasteiger partial charge in [-0.2, -0.15) is 0 Å². The van der Waals surface area contributed by atoms with E-state index in [1.807, 2.05) is 30.3 Å². The van der Waals surface area contributed by atoms with Gasteiger partial charge in [0.1, 0.15) is 6.26 Å². The fourth-order valence-electron chi connectivity index (χ4n) is 3.09. The van der Waals surface area contributed by atoms with E-state index in [1.165, 1.54) is 11.1 Å². The predicted octanol–water partition coefficient (Wildman–Crippen LogP) is 4.63. The maximum absolute atomic E-state index is 5.63. The fraction of sp³-hybridized carbons (Fsp3) is 0.190. The van der Waals surface area contributed by atoms with Crippen molar-refractivity contribution in [3.05, 3.63) is 84.3 Å². The van der Waals surface area contributed by atoms with Gasteiger partial charge in [-0.05, 0) is 29.7 Å². The smallest absolute Gasteiger partial charge is 0.226 e. The molecule has 0 bridgehead atoms. The molecule has 0 N–H and O–H groups in total. The maximum Gasteiger partial charge on any atom is 0.226 e. The summed E-state index contributed by atoms with van der Waals surface area (Å²) in [6, 6.07) is 20.7. The zero-order valence-electron chi connectivity index (χ0n) is 13.6. The molecule has 0 saturated heterocycles. The minimum absolute atomic E-state index is 0.697. The Morgan fingerprint density at radius 1 is 0.917 bits per heavy atom. The van der Waals surface area contributed by atoms with Crippen molar-refractivity contribution in [2.75, 3.05) is 13.1 Å². The molecule has 120 valence electrons. The van der Waals surface area contributed by atoms with Gasteiger partial charge in [0.25, 0.3) is 0 Å². The molecule has 2 aromatic carbocycles. The van der Waals surface area contributed by atoms with Gasteiger partial charge >= 0.3 is 0 Å². The number of hydrogen-bond donors (Lipinski definition) is 0. The number of hydrogen-bond acceptors (Lipinski definition) is 3. The highest BCUT2D eigenvalue weighted by molar-refractivity contribution is 5.66. The van der Waals surface area contributed by atoms with Crippen molar-refractivity contribution in [1.82, 2.24) is 9.88 Å². The Labute approximate surface area is 142 Å². The number of nitrogens with zero attached hydrogens (tertiary/aromatic N) is 2. The molecule has 24 heavy (non-hydrogen) atoms. The summed E-state index contributed by atoms with van der Waals surface area (Å²) in [6.45, 7) is 2.83. The van der Waals surface area contributed by atoms with Crippen molar-refractivity contribution in [3.8, 4) is 11.5 Å². The second-order valence-electron chi connectivity index (χ2n) is 6.09. The molecule has 0 aliphatic carbocycles. The van der Waals surface area contributed by atoms with Gasteiger partial charge in [-0.25, -0.2) is 4.98 Å². The lowest BCUT2D eigenvalue weighted by Crippen LogP contribution is -2.28. The zero-order valence-corrected chi connectivity index (χ0v) is 13.6. The number of benzene rings is 2. The van der Waals surface area contributed by atoms with Gasteiger partial charge in [0.05, 0.1) is 5.69 Å². The zero-order chi connectivity index (χ0) is 16.2. The Balaban J connectivity index is 1.41. The lowest BCUT2D eigenvalue weighted by atomic mass is 9.99. The minimum atomic E-state index is 0.697. The first-order chi connectivity index (χ1) is 11.9. The average molecular weight is 316 g/mol. The van der Waals surface area contributed by atoms with E-state index in [1.54, 1.807) is 6.26 Å². The highest BCUT2D eigenvalue weighted by Crippen LogP contribution is 2.24. The second kappa shape index (κ2) is 6.85. The van der Waals surface area contributed by atoms with Crippen LogP contribution in [-0.4, -0.2) is 23.0 Å². The molecule has 3 aromatic rings. The fourth-order valence-corrected chi connectivity index (χ4v) is 3.09. The molecular formula is C21H20N2O. The van der Waals surface area contributed by atoms with Crippen molar-refractivity contribution in [2.24, 2.45) is 0 Å². The molecule has 0 radical (unpaired) electrons. The minimum Gasteiger partial charge on any atom is -0.444 e. The Hall–Kier alpha value is -2.65. The molecule has 4 rings (SSSR count). The third-order valence-corrected chi connectivity index (χ3v) is 4.40. The Kier molecular flexibility index (Phi) is 4.26. The Morgan fingerprint density at radius 3 is 2.29 bits per heavy atom. The maximum atomic E-state index is 5.63. The van der Waals surface area contributed by atoms with Crippen LogP contribution >= 0.6 is 0 Å². The van der Waals surface area contributed by atoms with Gasteiger partial charge in [-0.1, -0.05) is 54.6 Å². The van der Waals surface area contributed by atoms with Crippen molar-refractivity contribution < 1.29 is 4.42 Å². The van der Waals surface area contributed by atoms with Crippen LogP contribution in [0.25, 0.3) is 17.0 Å². The first-order valence-corrected chi connectivity index (χ1v) is 8.35. The molecule has 0 amide bonds. The molecule has 1 aliphatic heterocycles. The van der Waals surface area contributed by atoms with Gasteiger partial charge < -0.3 is 4.42 Å². The number of rotatable bonds is 4. The Morgan fingerprint density at radius 2 is 1.62 bits per heavy atom. The van der Waals surface area contributed by atoms with E-state index >= 15 is 0 Å². The molecule has 1 aliphatic rings. The molecule has 0 unspecified atom stereocenters. The van der Waals surface area contributed by atoms with Crippen LogP contribution in [0.2, 0.25) is 0 Å². The summed E-state index contributed by atoms with van der Waals surface area (Å²) in [5.74, 6) is 0.697. The van der Waals surface area contributed by atoms with Crippen molar-refractivity contribution in [3.63, 3.8) is 0 Å². The van der Waals surface area contributed by atoms with Crippen LogP contribution in [0.15, 0.2) is 77.4 Å². The van der Waals surface area contributed by atoms with E-state index in [2.05, 4.69) is 46.3 Å². The third kappa shape index (κ3) is 3.31. The van der Waals surface area contributed by atoms with Crippen LogP contribution in [0, 0.1) is 0 Å². The van der Waals surface area contributed by atoms with Crippen LogP contribution in [0.5, 0.6) is 0 Å². The molecule has 3 heteroatoms. The summed E-state index contributed by atoms with van der Waals surface area (Å²) >= 11 is 0. The lowest BCUT2D eigenvalue weighted by molar-refractivity contribution is 0.290. The van der Waals surface area contributed by atoms with Crippen molar-refractivity contribution >= 4 is 5.57 Å². The predicted molar refractivity (Wildman–Crippen MR) is 96.3 cm³/mol. The molecule has 0 saturated carbocycles. The molecule has 0 fully saturated rings. The van der Waals surface area contributed by atoms with Gasteiger partial charge in [0.2, 0.25) is 5.89 Å². The van der Waals surface area contributed by atoms with Crippen LogP contribution in [0.3, 0.4) is 0 Å². The standard InChI is InChI=1S/C21H20N2O/c1-3-7-17(8-4-1)18-11-13-23(14-12-18)15-20-16-24-21(22-20)19-9-5-2-6-10-19/h1-11,16H,12-15H2. The monoisotopic (exact) mass is 316 g/mol. The van der Waals surface area contributed by atoms with E-state index in [4.69, 9.17) is 4.42 Å². The first-order valence-electron chi connectivity index (χ1n) is 8.35. The SMILES string of the molecule is C1=C(c2ccccc2)CCN(Cc2coc(-c3ccccc3)n2)C1. The van der Waals surface area contributed by atoms with Gasteiger partial charge in [-0.15, -0.1) is 0 Å². The van der Waals surface area contributed by atoms with Crippen LogP contribution in [0.1, 0.15) is 17.7 Å². The summed E-state index contributed by atoms with van der Waals surface area (Å²) in [7, 11) is 0. The van der Waals surface area contributed by atoms with E-state index in [0.717, 1.165) is 37.3 Å². The van der Waals surface area contributed by atoms with Crippen molar-refractivity contribution in [2.45, 2.75) is 13.0 Å². The van der Waals surface area contributed by atoms with E-state index < -0.39 is 0 Å². The highest BCUT2D eigenvalue weighted by atomic mass is 16.3.